The number of hydrogen-bond acceptors (Lipinski definition) is 3. The molecule has 0 N–H and O–H groups in total. The Labute approximate surface area is 153 Å². The first-order valence-corrected chi connectivity index (χ1v) is 10.1. The van der Waals surface area contributed by atoms with E-state index in [9.17, 15) is 4.79 Å². The SMILES string of the molecule is CCN(CC)C(=S)SCC(=O)n1c2c(c3ccccc31)CCCC2. The smallest absolute Gasteiger partial charge is 0.241 e. The van der Waals surface area contributed by atoms with E-state index in [1.165, 1.54) is 41.2 Å². The molecule has 128 valence electrons. The average Bonchev–Trinajstić information content (AvgIpc) is 2.95. The minimum Gasteiger partial charge on any atom is -0.358 e. The number of para-hydroxylation sites is 1. The molecule has 1 heterocycles. The first kappa shape index (κ1) is 17.5. The number of benzene rings is 1. The summed E-state index contributed by atoms with van der Waals surface area (Å²) in [6.45, 7) is 5.96. The van der Waals surface area contributed by atoms with E-state index in [-0.39, 0.29) is 5.91 Å². The molecule has 0 spiro atoms. The maximum absolute atomic E-state index is 13.0. The topological polar surface area (TPSA) is 25.2 Å². The fraction of sp³-hybridized carbons (Fsp3) is 0.474. The molecule has 1 aromatic heterocycles. The second-order valence-electron chi connectivity index (χ2n) is 6.11. The zero-order valence-electron chi connectivity index (χ0n) is 14.4. The van der Waals surface area contributed by atoms with E-state index in [1.54, 1.807) is 0 Å². The summed E-state index contributed by atoms with van der Waals surface area (Å²) in [6, 6.07) is 8.30. The number of hydrogen-bond donors (Lipinski definition) is 0. The van der Waals surface area contributed by atoms with Crippen molar-refractivity contribution < 1.29 is 4.79 Å². The van der Waals surface area contributed by atoms with Crippen LogP contribution >= 0.6 is 24.0 Å². The molecule has 0 saturated heterocycles. The summed E-state index contributed by atoms with van der Waals surface area (Å²) in [5.41, 5.74) is 3.66. The van der Waals surface area contributed by atoms with Crippen LogP contribution in [0.3, 0.4) is 0 Å². The molecule has 2 aromatic rings. The van der Waals surface area contributed by atoms with Crippen LogP contribution in [-0.4, -0.2) is 38.5 Å². The van der Waals surface area contributed by atoms with Crippen molar-refractivity contribution in [2.45, 2.75) is 39.5 Å². The molecule has 0 radical (unpaired) electrons. The number of thioether (sulfide) groups is 1. The Bertz CT molecular complexity index is 762. The van der Waals surface area contributed by atoms with Crippen molar-refractivity contribution >= 4 is 45.1 Å². The Morgan fingerprint density at radius 3 is 2.67 bits per heavy atom. The van der Waals surface area contributed by atoms with Crippen molar-refractivity contribution in [3.63, 3.8) is 0 Å². The number of fused-ring (bicyclic) bond motifs is 3. The lowest BCUT2D eigenvalue weighted by Gasteiger charge is -2.21. The van der Waals surface area contributed by atoms with E-state index in [4.69, 9.17) is 12.2 Å². The lowest BCUT2D eigenvalue weighted by molar-refractivity contribution is 0.0943. The highest BCUT2D eigenvalue weighted by Crippen LogP contribution is 2.32. The summed E-state index contributed by atoms with van der Waals surface area (Å²) >= 11 is 6.95. The Morgan fingerprint density at radius 1 is 1.21 bits per heavy atom. The van der Waals surface area contributed by atoms with Gasteiger partial charge in [0.05, 0.1) is 11.3 Å². The monoisotopic (exact) mass is 360 g/mol. The first-order valence-electron chi connectivity index (χ1n) is 8.73. The van der Waals surface area contributed by atoms with Gasteiger partial charge in [-0.1, -0.05) is 42.2 Å². The van der Waals surface area contributed by atoms with Gasteiger partial charge in [0.25, 0.3) is 0 Å². The average molecular weight is 361 g/mol. The van der Waals surface area contributed by atoms with Gasteiger partial charge in [0.15, 0.2) is 0 Å². The van der Waals surface area contributed by atoms with Crippen molar-refractivity contribution in [2.75, 3.05) is 18.8 Å². The summed E-state index contributed by atoms with van der Waals surface area (Å²) in [6.07, 6.45) is 4.47. The van der Waals surface area contributed by atoms with Crippen molar-refractivity contribution in [3.8, 4) is 0 Å². The van der Waals surface area contributed by atoms with Crippen LogP contribution in [-0.2, 0) is 12.8 Å². The number of aryl methyl sites for hydroxylation is 1. The van der Waals surface area contributed by atoms with Crippen LogP contribution in [0, 0.1) is 0 Å². The number of nitrogens with zero attached hydrogens (tertiary/aromatic N) is 2. The third-order valence-corrected chi connectivity index (χ3v) is 6.28. The highest BCUT2D eigenvalue weighted by molar-refractivity contribution is 8.23. The maximum Gasteiger partial charge on any atom is 0.241 e. The van der Waals surface area contributed by atoms with E-state index in [0.29, 0.717) is 5.75 Å². The summed E-state index contributed by atoms with van der Waals surface area (Å²) in [4.78, 5) is 15.1. The normalized spacial score (nSPS) is 13.8. The molecule has 0 bridgehead atoms. The summed E-state index contributed by atoms with van der Waals surface area (Å²) in [7, 11) is 0. The summed E-state index contributed by atoms with van der Waals surface area (Å²) < 4.78 is 2.78. The fourth-order valence-corrected chi connectivity index (χ4v) is 4.79. The van der Waals surface area contributed by atoms with Gasteiger partial charge in [-0.05, 0) is 51.2 Å². The van der Waals surface area contributed by atoms with Crippen LogP contribution < -0.4 is 0 Å². The Morgan fingerprint density at radius 2 is 1.92 bits per heavy atom. The summed E-state index contributed by atoms with van der Waals surface area (Å²) in [5.74, 6) is 0.550. The number of aromatic nitrogens is 1. The number of rotatable bonds is 4. The lowest BCUT2D eigenvalue weighted by atomic mass is 9.96. The highest BCUT2D eigenvalue weighted by atomic mass is 32.2. The predicted octanol–water partition coefficient (Wildman–Crippen LogP) is 4.52. The maximum atomic E-state index is 13.0. The predicted molar refractivity (Wildman–Crippen MR) is 107 cm³/mol. The molecule has 0 saturated carbocycles. The van der Waals surface area contributed by atoms with E-state index in [0.717, 1.165) is 35.8 Å². The van der Waals surface area contributed by atoms with Crippen molar-refractivity contribution in [1.82, 2.24) is 9.47 Å². The minimum atomic E-state index is 0.147. The van der Waals surface area contributed by atoms with Crippen molar-refractivity contribution in [2.24, 2.45) is 0 Å². The van der Waals surface area contributed by atoms with Gasteiger partial charge in [-0.2, -0.15) is 0 Å². The molecule has 0 unspecified atom stereocenters. The van der Waals surface area contributed by atoms with Gasteiger partial charge >= 0.3 is 0 Å². The third kappa shape index (κ3) is 3.24. The number of carbonyl (C=O) groups is 1. The van der Waals surface area contributed by atoms with Crippen LogP contribution in [0.25, 0.3) is 10.9 Å². The zero-order chi connectivity index (χ0) is 17.1. The van der Waals surface area contributed by atoms with Crippen molar-refractivity contribution in [1.29, 1.82) is 0 Å². The Hall–Kier alpha value is -1.33. The van der Waals surface area contributed by atoms with Crippen LogP contribution in [0.1, 0.15) is 42.7 Å². The second kappa shape index (κ2) is 7.70. The standard InChI is InChI=1S/C19H24N2OS2/c1-3-20(4-2)19(23)24-13-18(22)21-16-11-7-5-9-14(16)15-10-6-8-12-17(15)21/h5,7,9,11H,3-4,6,8,10,12-13H2,1-2H3. The molecule has 3 rings (SSSR count). The molecule has 5 heteroatoms. The summed E-state index contributed by atoms with van der Waals surface area (Å²) in [5, 5.41) is 1.25. The van der Waals surface area contributed by atoms with E-state index >= 15 is 0 Å². The van der Waals surface area contributed by atoms with Gasteiger partial charge in [0.2, 0.25) is 5.91 Å². The van der Waals surface area contributed by atoms with Gasteiger partial charge in [-0.15, -0.1) is 0 Å². The molecule has 0 fully saturated rings. The highest BCUT2D eigenvalue weighted by Gasteiger charge is 2.23. The van der Waals surface area contributed by atoms with Gasteiger partial charge in [0.1, 0.15) is 4.32 Å². The molecular weight excluding hydrogens is 336 g/mol. The third-order valence-electron chi connectivity index (χ3n) is 4.77. The van der Waals surface area contributed by atoms with Gasteiger partial charge in [-0.3, -0.25) is 9.36 Å². The molecule has 24 heavy (non-hydrogen) atoms. The molecule has 1 aromatic carbocycles. The number of carbonyl (C=O) groups excluding carboxylic acids is 1. The molecule has 1 aliphatic rings. The van der Waals surface area contributed by atoms with E-state index in [1.807, 2.05) is 10.6 Å². The molecule has 3 nitrogen and oxygen atoms in total. The first-order chi connectivity index (χ1) is 11.7. The number of thiocarbonyl (C=S) groups is 1. The largest absolute Gasteiger partial charge is 0.358 e. The van der Waals surface area contributed by atoms with Crippen LogP contribution in [0.4, 0.5) is 0 Å². The van der Waals surface area contributed by atoms with Crippen LogP contribution in [0.5, 0.6) is 0 Å². The Balaban J connectivity index is 1.86. The van der Waals surface area contributed by atoms with Gasteiger partial charge in [-0.25, -0.2) is 0 Å². The quantitative estimate of drug-likeness (QED) is 0.749. The molecular formula is C19H24N2OS2. The second-order valence-corrected chi connectivity index (χ2v) is 7.71. The van der Waals surface area contributed by atoms with Crippen LogP contribution in [0.2, 0.25) is 0 Å². The molecule has 0 amide bonds. The molecule has 1 aliphatic carbocycles. The van der Waals surface area contributed by atoms with Crippen LogP contribution in [0.15, 0.2) is 24.3 Å². The zero-order valence-corrected chi connectivity index (χ0v) is 16.0. The van der Waals surface area contributed by atoms with Gasteiger partial charge in [0, 0.05) is 24.2 Å². The fourth-order valence-electron chi connectivity index (χ4n) is 3.54. The minimum absolute atomic E-state index is 0.147. The lowest BCUT2D eigenvalue weighted by Crippen LogP contribution is -2.28. The van der Waals surface area contributed by atoms with Gasteiger partial charge < -0.3 is 4.90 Å². The van der Waals surface area contributed by atoms with E-state index in [2.05, 4.69) is 36.9 Å². The Kier molecular flexibility index (Phi) is 5.61. The van der Waals surface area contributed by atoms with Crippen molar-refractivity contribution in [3.05, 3.63) is 35.5 Å². The molecule has 0 atom stereocenters. The molecule has 0 aliphatic heterocycles. The van der Waals surface area contributed by atoms with E-state index < -0.39 is 0 Å².